The number of pyridine rings is 1. The summed E-state index contributed by atoms with van der Waals surface area (Å²) in [5, 5.41) is 1.12. The lowest BCUT2D eigenvalue weighted by Gasteiger charge is -2.15. The first kappa shape index (κ1) is 11.7. The number of hydrogen-bond acceptors (Lipinski definition) is 2. The van der Waals surface area contributed by atoms with Gasteiger partial charge in [0.2, 0.25) is 5.91 Å². The van der Waals surface area contributed by atoms with E-state index in [0.29, 0.717) is 17.8 Å². The molecule has 4 heteroatoms. The van der Waals surface area contributed by atoms with Gasteiger partial charge in [0.05, 0.1) is 5.52 Å². The Morgan fingerprint density at radius 2 is 2.22 bits per heavy atom. The maximum Gasteiger partial charge on any atom is 0.224 e. The minimum absolute atomic E-state index is 0.213. The molecule has 1 aliphatic heterocycles. The van der Waals surface area contributed by atoms with Crippen molar-refractivity contribution in [3.05, 3.63) is 42.1 Å². The summed E-state index contributed by atoms with van der Waals surface area (Å²) in [6, 6.07) is 10.1. The van der Waals surface area contributed by atoms with Gasteiger partial charge < -0.3 is 4.90 Å². The molecule has 0 aliphatic carbocycles. The number of amides is 1. The lowest BCUT2D eigenvalue weighted by atomic mass is 10.1. The number of likely N-dealkylation sites (tertiary alicyclic amines) is 1. The third-order valence-electron chi connectivity index (χ3n) is 3.19. The average Bonchev–Trinajstić information content (AvgIpc) is 2.68. The quantitative estimate of drug-likeness (QED) is 0.799. The predicted octanol–water partition coefficient (Wildman–Crippen LogP) is 2.73. The summed E-state index contributed by atoms with van der Waals surface area (Å²) >= 11 is 3.49. The molecule has 0 bridgehead atoms. The summed E-state index contributed by atoms with van der Waals surface area (Å²) in [6.45, 7) is 1.43. The third-order valence-corrected chi connectivity index (χ3v) is 3.80. The molecule has 1 aromatic heterocycles. The van der Waals surface area contributed by atoms with Gasteiger partial charge in [-0.05, 0) is 17.7 Å². The van der Waals surface area contributed by atoms with E-state index in [-0.39, 0.29) is 5.91 Å². The number of nitrogens with zero attached hydrogens (tertiary/aromatic N) is 2. The van der Waals surface area contributed by atoms with Crippen molar-refractivity contribution in [3.63, 3.8) is 0 Å². The molecule has 0 spiro atoms. The highest BCUT2D eigenvalue weighted by Gasteiger charge is 2.27. The monoisotopic (exact) mass is 304 g/mol. The standard InChI is InChI=1S/C14H13BrN2O/c15-12-6-14(18)17(9-12)8-10-5-11-3-1-2-4-13(11)16-7-10/h1-5,7,12H,6,8-9H2. The normalized spacial score (nSPS) is 19.7. The van der Waals surface area contributed by atoms with Gasteiger partial charge >= 0.3 is 0 Å². The molecule has 2 aromatic rings. The molecule has 0 saturated carbocycles. The second kappa shape index (κ2) is 4.69. The summed E-state index contributed by atoms with van der Waals surface area (Å²) in [4.78, 5) is 18.3. The Kier molecular flexibility index (Phi) is 3.04. The Labute approximate surface area is 114 Å². The molecular weight excluding hydrogens is 292 g/mol. The average molecular weight is 305 g/mol. The van der Waals surface area contributed by atoms with Crippen molar-refractivity contribution in [2.24, 2.45) is 0 Å². The van der Waals surface area contributed by atoms with Crippen LogP contribution < -0.4 is 0 Å². The fourth-order valence-corrected chi connectivity index (χ4v) is 2.93. The Bertz CT molecular complexity index is 599. The summed E-state index contributed by atoms with van der Waals surface area (Å²) in [7, 11) is 0. The lowest BCUT2D eigenvalue weighted by Crippen LogP contribution is -2.24. The van der Waals surface area contributed by atoms with Gasteiger partial charge in [0, 0.05) is 35.9 Å². The van der Waals surface area contributed by atoms with Crippen LogP contribution in [0.1, 0.15) is 12.0 Å². The molecule has 3 rings (SSSR count). The maximum absolute atomic E-state index is 11.7. The molecule has 0 radical (unpaired) electrons. The van der Waals surface area contributed by atoms with E-state index in [2.05, 4.69) is 27.0 Å². The van der Waals surface area contributed by atoms with Crippen LogP contribution in [0.5, 0.6) is 0 Å². The lowest BCUT2D eigenvalue weighted by molar-refractivity contribution is -0.128. The molecule has 1 unspecified atom stereocenters. The highest BCUT2D eigenvalue weighted by Crippen LogP contribution is 2.21. The summed E-state index contributed by atoms with van der Waals surface area (Å²) in [6.07, 6.45) is 2.46. The van der Waals surface area contributed by atoms with Gasteiger partial charge in [-0.2, -0.15) is 0 Å². The predicted molar refractivity (Wildman–Crippen MR) is 74.5 cm³/mol. The van der Waals surface area contributed by atoms with Crippen molar-refractivity contribution in [2.75, 3.05) is 6.54 Å². The van der Waals surface area contributed by atoms with Gasteiger partial charge in [0.25, 0.3) is 0 Å². The van der Waals surface area contributed by atoms with E-state index < -0.39 is 0 Å². The van der Waals surface area contributed by atoms with Crippen LogP contribution in [0.4, 0.5) is 0 Å². The first-order valence-corrected chi connectivity index (χ1v) is 6.89. The minimum atomic E-state index is 0.213. The molecule has 1 fully saturated rings. The molecule has 1 saturated heterocycles. The number of rotatable bonds is 2. The number of hydrogen-bond donors (Lipinski definition) is 0. The van der Waals surface area contributed by atoms with E-state index >= 15 is 0 Å². The zero-order valence-corrected chi connectivity index (χ0v) is 11.4. The fraction of sp³-hybridized carbons (Fsp3) is 0.286. The van der Waals surface area contributed by atoms with E-state index in [1.54, 1.807) is 0 Å². The van der Waals surface area contributed by atoms with Crippen molar-refractivity contribution in [1.29, 1.82) is 0 Å². The minimum Gasteiger partial charge on any atom is -0.337 e. The van der Waals surface area contributed by atoms with Crippen LogP contribution in [-0.2, 0) is 11.3 Å². The van der Waals surface area contributed by atoms with E-state index in [1.807, 2.05) is 35.4 Å². The molecule has 92 valence electrons. The summed E-state index contributed by atoms with van der Waals surface area (Å²) in [5.41, 5.74) is 2.08. The first-order chi connectivity index (χ1) is 8.72. The fourth-order valence-electron chi connectivity index (χ4n) is 2.30. The van der Waals surface area contributed by atoms with Crippen molar-refractivity contribution >= 4 is 32.7 Å². The Morgan fingerprint density at radius 1 is 1.39 bits per heavy atom. The Hall–Kier alpha value is -1.42. The maximum atomic E-state index is 11.7. The van der Waals surface area contributed by atoms with Crippen LogP contribution in [0.15, 0.2) is 36.5 Å². The number of carbonyl (C=O) groups excluding carboxylic acids is 1. The number of aromatic nitrogens is 1. The smallest absolute Gasteiger partial charge is 0.224 e. The summed E-state index contributed by atoms with van der Waals surface area (Å²) in [5.74, 6) is 0.213. The number of alkyl halides is 1. The molecular formula is C14H13BrN2O. The van der Waals surface area contributed by atoms with Crippen molar-refractivity contribution in [2.45, 2.75) is 17.8 Å². The number of carbonyl (C=O) groups is 1. The topological polar surface area (TPSA) is 33.2 Å². The molecule has 1 atom stereocenters. The van der Waals surface area contributed by atoms with Gasteiger partial charge in [-0.3, -0.25) is 9.78 Å². The van der Waals surface area contributed by atoms with Gasteiger partial charge in [-0.25, -0.2) is 0 Å². The Balaban J connectivity index is 1.84. The Morgan fingerprint density at radius 3 is 3.00 bits per heavy atom. The largest absolute Gasteiger partial charge is 0.337 e. The zero-order valence-electron chi connectivity index (χ0n) is 9.84. The van der Waals surface area contributed by atoms with E-state index in [1.165, 1.54) is 0 Å². The first-order valence-electron chi connectivity index (χ1n) is 5.98. The second-order valence-corrected chi connectivity index (χ2v) is 5.91. The number of halogens is 1. The number of para-hydroxylation sites is 1. The molecule has 1 aromatic carbocycles. The second-order valence-electron chi connectivity index (χ2n) is 4.61. The van der Waals surface area contributed by atoms with Crippen LogP contribution in [-0.4, -0.2) is 27.2 Å². The van der Waals surface area contributed by atoms with Crippen LogP contribution in [0.3, 0.4) is 0 Å². The molecule has 18 heavy (non-hydrogen) atoms. The SMILES string of the molecule is O=C1CC(Br)CN1Cc1cnc2ccccc2c1. The number of fused-ring (bicyclic) bond motifs is 1. The van der Waals surface area contributed by atoms with E-state index in [4.69, 9.17) is 0 Å². The molecule has 3 nitrogen and oxygen atoms in total. The van der Waals surface area contributed by atoms with Crippen molar-refractivity contribution < 1.29 is 4.79 Å². The van der Waals surface area contributed by atoms with E-state index in [0.717, 1.165) is 23.0 Å². The van der Waals surface area contributed by atoms with Gasteiger partial charge in [0.15, 0.2) is 0 Å². The van der Waals surface area contributed by atoms with E-state index in [9.17, 15) is 4.79 Å². The van der Waals surface area contributed by atoms with Crippen molar-refractivity contribution in [1.82, 2.24) is 9.88 Å². The van der Waals surface area contributed by atoms with Crippen LogP contribution in [0.2, 0.25) is 0 Å². The van der Waals surface area contributed by atoms with Crippen LogP contribution >= 0.6 is 15.9 Å². The van der Waals surface area contributed by atoms with Crippen LogP contribution in [0, 0.1) is 0 Å². The van der Waals surface area contributed by atoms with Gasteiger partial charge in [0.1, 0.15) is 0 Å². The zero-order chi connectivity index (χ0) is 12.5. The van der Waals surface area contributed by atoms with Crippen LogP contribution in [0.25, 0.3) is 10.9 Å². The summed E-state index contributed by atoms with van der Waals surface area (Å²) < 4.78 is 0. The number of benzene rings is 1. The highest BCUT2D eigenvalue weighted by molar-refractivity contribution is 9.09. The molecule has 0 N–H and O–H groups in total. The van der Waals surface area contributed by atoms with Crippen molar-refractivity contribution in [3.8, 4) is 0 Å². The van der Waals surface area contributed by atoms with Gasteiger partial charge in [-0.1, -0.05) is 34.1 Å². The third kappa shape index (κ3) is 2.25. The highest BCUT2D eigenvalue weighted by atomic mass is 79.9. The van der Waals surface area contributed by atoms with Gasteiger partial charge in [-0.15, -0.1) is 0 Å². The molecule has 1 aliphatic rings. The molecule has 2 heterocycles. The molecule has 1 amide bonds.